The van der Waals surface area contributed by atoms with Gasteiger partial charge in [0, 0.05) is 38.9 Å². The molecule has 1 aliphatic rings. The molecule has 1 aliphatic heterocycles. The summed E-state index contributed by atoms with van der Waals surface area (Å²) in [5.41, 5.74) is 7.10. The summed E-state index contributed by atoms with van der Waals surface area (Å²) >= 11 is 0. The van der Waals surface area contributed by atoms with Gasteiger partial charge in [0.2, 0.25) is 0 Å². The maximum Gasteiger partial charge on any atom is 0.191 e. The summed E-state index contributed by atoms with van der Waals surface area (Å²) in [7, 11) is 1.83. The minimum absolute atomic E-state index is 0.215. The fraction of sp³-hybridized carbons (Fsp3) is 0.400. The van der Waals surface area contributed by atoms with Gasteiger partial charge >= 0.3 is 0 Å². The van der Waals surface area contributed by atoms with Gasteiger partial charge in [-0.1, -0.05) is 0 Å². The minimum atomic E-state index is -0.215. The summed E-state index contributed by atoms with van der Waals surface area (Å²) in [6.45, 7) is 3.63. The first-order valence-corrected chi connectivity index (χ1v) is 7.52. The summed E-state index contributed by atoms with van der Waals surface area (Å²) in [5.74, 6) is 1.08. The first kappa shape index (κ1) is 15.3. The van der Waals surface area contributed by atoms with Crippen LogP contribution in [0.3, 0.4) is 0 Å². The minimum Gasteiger partial charge on any atom is -0.370 e. The van der Waals surface area contributed by atoms with Gasteiger partial charge in [-0.3, -0.25) is 4.68 Å². The highest BCUT2D eigenvalue weighted by molar-refractivity contribution is 5.78. The molecule has 1 fully saturated rings. The molecule has 2 aromatic rings. The van der Waals surface area contributed by atoms with Gasteiger partial charge in [-0.15, -0.1) is 0 Å². The number of nitrogens with two attached hydrogens (primary N) is 1. The van der Waals surface area contributed by atoms with Crippen LogP contribution < -0.4 is 10.6 Å². The highest BCUT2D eigenvalue weighted by atomic mass is 19.1. The van der Waals surface area contributed by atoms with Crippen molar-refractivity contribution >= 4 is 11.6 Å². The zero-order valence-corrected chi connectivity index (χ0v) is 13.1. The molecule has 7 nitrogen and oxygen atoms in total. The smallest absolute Gasteiger partial charge is 0.191 e. The predicted octanol–water partition coefficient (Wildman–Crippen LogP) is 0.591. The van der Waals surface area contributed by atoms with E-state index < -0.39 is 0 Å². The van der Waals surface area contributed by atoms with Gasteiger partial charge in [0.05, 0.1) is 0 Å². The fourth-order valence-electron chi connectivity index (χ4n) is 2.56. The summed E-state index contributed by atoms with van der Waals surface area (Å²) in [6.07, 6.45) is 1.50. The van der Waals surface area contributed by atoms with Crippen LogP contribution in [0.15, 0.2) is 35.6 Å². The SMILES string of the molecule is Cn1ncnc1CN=C(N)N1CCN(c2ccc(F)cc2)CC1. The van der Waals surface area contributed by atoms with Crippen LogP contribution in [0.5, 0.6) is 0 Å². The number of aryl methyl sites for hydroxylation is 1. The molecule has 0 unspecified atom stereocenters. The van der Waals surface area contributed by atoms with Crippen LogP contribution in [0.2, 0.25) is 0 Å². The number of nitrogens with zero attached hydrogens (tertiary/aromatic N) is 6. The second-order valence-corrected chi connectivity index (χ2v) is 5.42. The Morgan fingerprint density at radius 1 is 1.22 bits per heavy atom. The van der Waals surface area contributed by atoms with Crippen molar-refractivity contribution in [2.75, 3.05) is 31.1 Å². The Morgan fingerprint density at radius 3 is 2.52 bits per heavy atom. The second-order valence-electron chi connectivity index (χ2n) is 5.42. The van der Waals surface area contributed by atoms with Crippen molar-refractivity contribution in [1.29, 1.82) is 0 Å². The van der Waals surface area contributed by atoms with Crippen LogP contribution in [0.4, 0.5) is 10.1 Å². The first-order valence-electron chi connectivity index (χ1n) is 7.52. The Hall–Kier alpha value is -2.64. The number of benzene rings is 1. The molecule has 0 aliphatic carbocycles. The number of piperazine rings is 1. The van der Waals surface area contributed by atoms with E-state index in [1.165, 1.54) is 18.5 Å². The molecule has 8 heteroatoms. The van der Waals surface area contributed by atoms with Gasteiger partial charge in [-0.2, -0.15) is 5.10 Å². The van der Waals surface area contributed by atoms with E-state index in [-0.39, 0.29) is 5.82 Å². The summed E-state index contributed by atoms with van der Waals surface area (Å²) in [6, 6.07) is 6.57. The van der Waals surface area contributed by atoms with Gasteiger partial charge in [-0.25, -0.2) is 14.4 Å². The van der Waals surface area contributed by atoms with Crippen LogP contribution in [-0.4, -0.2) is 51.8 Å². The molecule has 1 aromatic heterocycles. The summed E-state index contributed by atoms with van der Waals surface area (Å²) < 4.78 is 14.7. The fourth-order valence-corrected chi connectivity index (χ4v) is 2.56. The highest BCUT2D eigenvalue weighted by Gasteiger charge is 2.18. The van der Waals surface area contributed by atoms with Gasteiger partial charge < -0.3 is 15.5 Å². The van der Waals surface area contributed by atoms with Crippen molar-refractivity contribution in [3.63, 3.8) is 0 Å². The van der Waals surface area contributed by atoms with Gasteiger partial charge in [0.25, 0.3) is 0 Å². The van der Waals surface area contributed by atoms with E-state index in [1.807, 2.05) is 7.05 Å². The molecule has 2 heterocycles. The van der Waals surface area contributed by atoms with E-state index in [4.69, 9.17) is 5.73 Å². The number of halogens is 1. The molecule has 0 atom stereocenters. The monoisotopic (exact) mass is 317 g/mol. The second kappa shape index (κ2) is 6.64. The third-order valence-electron chi connectivity index (χ3n) is 3.98. The van der Waals surface area contributed by atoms with Crippen molar-refractivity contribution in [3.05, 3.63) is 42.2 Å². The first-order chi connectivity index (χ1) is 11.1. The molecule has 122 valence electrons. The van der Waals surface area contributed by atoms with E-state index in [1.54, 1.807) is 16.8 Å². The van der Waals surface area contributed by atoms with Crippen molar-refractivity contribution in [3.8, 4) is 0 Å². The quantitative estimate of drug-likeness (QED) is 0.662. The molecule has 1 aromatic carbocycles. The largest absolute Gasteiger partial charge is 0.370 e. The standard InChI is InChI=1S/C15H20FN7/c1-21-14(19-11-20-21)10-18-15(17)23-8-6-22(7-9-23)13-4-2-12(16)3-5-13/h2-5,11H,6-10H2,1H3,(H2,17,18). The third-order valence-corrected chi connectivity index (χ3v) is 3.98. The van der Waals surface area contributed by atoms with E-state index >= 15 is 0 Å². The molecule has 0 saturated carbocycles. The van der Waals surface area contributed by atoms with Crippen molar-refractivity contribution in [2.45, 2.75) is 6.54 Å². The average molecular weight is 317 g/mol. The Kier molecular flexibility index (Phi) is 4.40. The Balaban J connectivity index is 1.55. The van der Waals surface area contributed by atoms with E-state index in [0.717, 1.165) is 37.7 Å². The van der Waals surface area contributed by atoms with Crippen LogP contribution in [0.25, 0.3) is 0 Å². The number of hydrogen-bond acceptors (Lipinski definition) is 4. The van der Waals surface area contributed by atoms with E-state index in [0.29, 0.717) is 12.5 Å². The van der Waals surface area contributed by atoms with Gasteiger partial charge in [0.1, 0.15) is 24.5 Å². The molecular weight excluding hydrogens is 297 g/mol. The Labute approximate surface area is 134 Å². The lowest BCUT2D eigenvalue weighted by atomic mass is 10.2. The van der Waals surface area contributed by atoms with Crippen LogP contribution >= 0.6 is 0 Å². The maximum atomic E-state index is 13.0. The number of aliphatic imine (C=N–C) groups is 1. The summed E-state index contributed by atoms with van der Waals surface area (Å²) in [5, 5.41) is 4.01. The normalized spacial score (nSPS) is 16.0. The number of anilines is 1. The predicted molar refractivity (Wildman–Crippen MR) is 86.5 cm³/mol. The molecule has 0 amide bonds. The lowest BCUT2D eigenvalue weighted by molar-refractivity contribution is 0.380. The highest BCUT2D eigenvalue weighted by Crippen LogP contribution is 2.16. The number of rotatable bonds is 3. The Morgan fingerprint density at radius 2 is 1.91 bits per heavy atom. The zero-order chi connectivity index (χ0) is 16.2. The van der Waals surface area contributed by atoms with Crippen molar-refractivity contribution < 1.29 is 4.39 Å². The molecule has 0 bridgehead atoms. The van der Waals surface area contributed by atoms with Crippen molar-refractivity contribution in [1.82, 2.24) is 19.7 Å². The molecule has 23 heavy (non-hydrogen) atoms. The summed E-state index contributed by atoms with van der Waals surface area (Å²) in [4.78, 5) is 12.8. The van der Waals surface area contributed by atoms with Crippen molar-refractivity contribution in [2.24, 2.45) is 17.8 Å². The molecule has 0 radical (unpaired) electrons. The van der Waals surface area contributed by atoms with Gasteiger partial charge in [-0.05, 0) is 24.3 Å². The lowest BCUT2D eigenvalue weighted by Crippen LogP contribution is -2.51. The van der Waals surface area contributed by atoms with E-state index in [9.17, 15) is 4.39 Å². The lowest BCUT2D eigenvalue weighted by Gasteiger charge is -2.36. The molecular formula is C15H20FN7. The number of guanidine groups is 1. The van der Waals surface area contributed by atoms with Crippen LogP contribution in [-0.2, 0) is 13.6 Å². The maximum absolute atomic E-state index is 13.0. The number of hydrogen-bond donors (Lipinski definition) is 1. The van der Waals surface area contributed by atoms with Crippen LogP contribution in [0, 0.1) is 5.82 Å². The topological polar surface area (TPSA) is 75.6 Å². The van der Waals surface area contributed by atoms with E-state index in [2.05, 4.69) is 24.9 Å². The molecule has 2 N–H and O–H groups in total. The third kappa shape index (κ3) is 3.58. The zero-order valence-electron chi connectivity index (χ0n) is 13.1. The number of aromatic nitrogens is 3. The van der Waals surface area contributed by atoms with Gasteiger partial charge in [0.15, 0.2) is 5.96 Å². The molecule has 0 spiro atoms. The Bertz CT molecular complexity index is 671. The molecule has 3 rings (SSSR count). The average Bonchev–Trinajstić information content (AvgIpc) is 2.99. The van der Waals surface area contributed by atoms with Crippen LogP contribution in [0.1, 0.15) is 5.82 Å². The molecule has 1 saturated heterocycles.